The van der Waals surface area contributed by atoms with Crippen molar-refractivity contribution < 1.29 is 38.9 Å². The van der Waals surface area contributed by atoms with Crippen molar-refractivity contribution in [2.75, 3.05) is 19.4 Å². The number of nitrogens with one attached hydrogen (secondary N) is 2. The van der Waals surface area contributed by atoms with Gasteiger partial charge in [0.05, 0.1) is 0 Å². The normalized spacial score (nSPS) is 23.9. The molecule has 0 spiro atoms. The van der Waals surface area contributed by atoms with Crippen LogP contribution in [0.4, 0.5) is 0 Å². The molecule has 12 nitrogen and oxygen atoms in total. The molecule has 0 aromatic carbocycles. The minimum atomic E-state index is -1.73. The monoisotopic (exact) mass is 444 g/mol. The molecule has 166 valence electrons. The largest absolute Gasteiger partial charge is 0.480 e. The number of amides is 3. The Morgan fingerprint density at radius 1 is 1.37 bits per heavy atom. The Hall–Kier alpha value is -2.64. The van der Waals surface area contributed by atoms with Gasteiger partial charge in [-0.1, -0.05) is 0 Å². The molecule has 3 amide bonds. The van der Waals surface area contributed by atoms with Crippen molar-refractivity contribution in [1.29, 1.82) is 0 Å². The lowest BCUT2D eigenvalue weighted by molar-refractivity contribution is -0.192. The zero-order chi connectivity index (χ0) is 22.6. The Kier molecular flexibility index (Phi) is 7.44. The molecule has 2 aliphatic heterocycles. The predicted molar refractivity (Wildman–Crippen MR) is 104 cm³/mol. The van der Waals surface area contributed by atoms with E-state index in [0.717, 1.165) is 4.90 Å². The molecule has 3 atom stereocenters. The van der Waals surface area contributed by atoms with Crippen LogP contribution in [0.5, 0.6) is 0 Å². The highest BCUT2D eigenvalue weighted by Crippen LogP contribution is 2.46. The highest BCUT2D eigenvalue weighted by atomic mass is 32.2. The molecule has 0 aliphatic carbocycles. The van der Waals surface area contributed by atoms with Crippen LogP contribution in [0, 0.1) is 0 Å². The first-order chi connectivity index (χ1) is 14.0. The van der Waals surface area contributed by atoms with Gasteiger partial charge in [0.1, 0.15) is 17.1 Å². The molecule has 2 heterocycles. The number of rotatable bonds is 10. The molecule has 1 fully saturated rings. The number of β-lactam (4-membered cyclic amide) rings is 1. The Labute approximate surface area is 176 Å². The van der Waals surface area contributed by atoms with Crippen molar-refractivity contribution in [1.82, 2.24) is 15.5 Å². The van der Waals surface area contributed by atoms with Gasteiger partial charge < -0.3 is 31.3 Å². The third kappa shape index (κ3) is 4.57. The smallest absolute Gasteiger partial charge is 0.352 e. The van der Waals surface area contributed by atoms with Gasteiger partial charge in [0.25, 0.3) is 11.6 Å². The van der Waals surface area contributed by atoms with Crippen LogP contribution in [0.25, 0.3) is 0 Å². The second kappa shape index (κ2) is 9.45. The Balaban J connectivity index is 2.11. The third-order valence-corrected chi connectivity index (χ3v) is 6.12. The van der Waals surface area contributed by atoms with Gasteiger partial charge in [-0.2, -0.15) is 0 Å². The molecule has 0 radical (unpaired) electrons. The maximum atomic E-state index is 12.8. The van der Waals surface area contributed by atoms with Crippen molar-refractivity contribution in [3.05, 3.63) is 11.3 Å². The van der Waals surface area contributed by atoms with E-state index in [1.54, 1.807) is 0 Å². The third-order valence-electron chi connectivity index (χ3n) is 4.75. The summed E-state index contributed by atoms with van der Waals surface area (Å²) < 4.78 is 5.31. The van der Waals surface area contributed by atoms with E-state index in [-0.39, 0.29) is 43.2 Å². The van der Waals surface area contributed by atoms with Gasteiger partial charge in [0.2, 0.25) is 11.8 Å². The fourth-order valence-corrected chi connectivity index (χ4v) is 4.62. The Bertz CT molecular complexity index is 801. The molecule has 1 unspecified atom stereocenters. The quantitative estimate of drug-likeness (QED) is 0.194. The molecular formula is C17H24N4O8S. The summed E-state index contributed by atoms with van der Waals surface area (Å²) in [7, 11) is 1.23. The lowest BCUT2D eigenvalue weighted by atomic mass is 9.97. The van der Waals surface area contributed by atoms with Crippen LogP contribution < -0.4 is 16.4 Å². The van der Waals surface area contributed by atoms with Crippen LogP contribution in [0.2, 0.25) is 0 Å². The average molecular weight is 444 g/mol. The van der Waals surface area contributed by atoms with Crippen LogP contribution in [0.3, 0.4) is 0 Å². The number of hydrogen-bond donors (Lipinski definition) is 5. The summed E-state index contributed by atoms with van der Waals surface area (Å²) in [6.45, 7) is 1.28. The first kappa shape index (κ1) is 23.6. The predicted octanol–water partition coefficient (Wildman–Crippen LogP) is -1.58. The van der Waals surface area contributed by atoms with Crippen LogP contribution in [0.1, 0.15) is 26.2 Å². The van der Waals surface area contributed by atoms with Gasteiger partial charge in [0.15, 0.2) is 0 Å². The van der Waals surface area contributed by atoms with E-state index in [2.05, 4.69) is 10.6 Å². The first-order valence-electron chi connectivity index (χ1n) is 9.04. The summed E-state index contributed by atoms with van der Waals surface area (Å²) in [5, 5.41) is 22.6. The Morgan fingerprint density at radius 2 is 2.03 bits per heavy atom. The van der Waals surface area contributed by atoms with E-state index >= 15 is 0 Å². The summed E-state index contributed by atoms with van der Waals surface area (Å²) in [6, 6.07) is -1.09. The number of aliphatic carboxylic acids is 2. The van der Waals surface area contributed by atoms with Crippen molar-refractivity contribution in [2.24, 2.45) is 5.73 Å². The SMILES string of the molecule is CO[C@@]1(NC(=O)CCCC(N)C(=O)O)C(=O)N2C(C(=O)O)=C(CNC(C)=O)CS[C@H]21. The van der Waals surface area contributed by atoms with Crippen LogP contribution in [-0.4, -0.2) is 81.3 Å². The molecule has 0 aromatic heterocycles. The minimum Gasteiger partial charge on any atom is -0.480 e. The zero-order valence-electron chi connectivity index (χ0n) is 16.5. The molecule has 30 heavy (non-hydrogen) atoms. The number of fused-ring (bicyclic) bond motifs is 1. The highest BCUT2D eigenvalue weighted by Gasteiger charge is 2.66. The Morgan fingerprint density at radius 3 is 2.57 bits per heavy atom. The molecule has 2 aliphatic rings. The number of carbonyl (C=O) groups is 5. The summed E-state index contributed by atoms with van der Waals surface area (Å²) in [6.07, 6.45) is 0.196. The van der Waals surface area contributed by atoms with Gasteiger partial charge in [-0.05, 0) is 18.4 Å². The second-order valence-electron chi connectivity index (χ2n) is 6.83. The fourth-order valence-electron chi connectivity index (χ4n) is 3.19. The number of nitrogens with zero attached hydrogens (tertiary/aromatic N) is 1. The fraction of sp³-hybridized carbons (Fsp3) is 0.588. The number of carboxylic acid groups (broad SMARTS) is 2. The summed E-state index contributed by atoms with van der Waals surface area (Å²) in [4.78, 5) is 59.8. The van der Waals surface area contributed by atoms with E-state index in [4.69, 9.17) is 15.6 Å². The summed E-state index contributed by atoms with van der Waals surface area (Å²) >= 11 is 1.20. The lowest BCUT2D eigenvalue weighted by Gasteiger charge is -2.55. The molecule has 1 saturated heterocycles. The maximum absolute atomic E-state index is 12.8. The average Bonchev–Trinajstić information content (AvgIpc) is 2.68. The maximum Gasteiger partial charge on any atom is 0.352 e. The molecule has 2 rings (SSSR count). The van der Waals surface area contributed by atoms with Gasteiger partial charge in [-0.3, -0.25) is 24.1 Å². The number of carboxylic acids is 2. The molecule has 0 aromatic rings. The van der Waals surface area contributed by atoms with Gasteiger partial charge in [-0.15, -0.1) is 11.8 Å². The van der Waals surface area contributed by atoms with Gasteiger partial charge >= 0.3 is 11.9 Å². The minimum absolute atomic E-state index is 0.0172. The van der Waals surface area contributed by atoms with Crippen molar-refractivity contribution in [3.63, 3.8) is 0 Å². The first-order valence-corrected chi connectivity index (χ1v) is 10.1. The lowest BCUT2D eigenvalue weighted by Crippen LogP contribution is -2.80. The number of methoxy groups -OCH3 is 1. The molecule has 6 N–H and O–H groups in total. The van der Waals surface area contributed by atoms with Crippen molar-refractivity contribution >= 4 is 41.4 Å². The molecule has 13 heteroatoms. The molecule has 0 saturated carbocycles. The number of hydrogen-bond acceptors (Lipinski definition) is 8. The zero-order valence-corrected chi connectivity index (χ0v) is 17.3. The van der Waals surface area contributed by atoms with Crippen LogP contribution in [-0.2, 0) is 28.7 Å². The number of ether oxygens (including phenoxy) is 1. The summed E-state index contributed by atoms with van der Waals surface area (Å²) in [5.41, 5.74) is 3.79. The standard InChI is InChI=1S/C17H24N4O8S/c1-8(22)19-6-9-7-30-16-17(29-2,15(28)21(16)12(9)14(26)27)20-11(23)5-3-4-10(18)13(24)25/h10,16H,3-7,18H2,1-2H3,(H,19,22)(H,20,23)(H,24,25)(H,26,27)/t10?,16-,17-/m0/s1. The number of thioether (sulfide) groups is 1. The molecule has 0 bridgehead atoms. The molecular weight excluding hydrogens is 420 g/mol. The van der Waals surface area contributed by atoms with Crippen molar-refractivity contribution in [2.45, 2.75) is 43.3 Å². The van der Waals surface area contributed by atoms with Gasteiger partial charge in [0, 0.05) is 32.8 Å². The van der Waals surface area contributed by atoms with E-state index in [0.29, 0.717) is 5.57 Å². The van der Waals surface area contributed by atoms with E-state index in [9.17, 15) is 29.1 Å². The van der Waals surface area contributed by atoms with Crippen molar-refractivity contribution in [3.8, 4) is 0 Å². The van der Waals surface area contributed by atoms with Gasteiger partial charge in [-0.25, -0.2) is 4.79 Å². The summed E-state index contributed by atoms with van der Waals surface area (Å²) in [5.74, 6) is -3.91. The van der Waals surface area contributed by atoms with E-state index < -0.39 is 40.9 Å². The highest BCUT2D eigenvalue weighted by molar-refractivity contribution is 8.00. The van der Waals surface area contributed by atoms with E-state index in [1.165, 1.54) is 25.8 Å². The number of carbonyl (C=O) groups excluding carboxylic acids is 3. The topological polar surface area (TPSA) is 188 Å². The number of nitrogens with two attached hydrogens (primary N) is 1. The van der Waals surface area contributed by atoms with E-state index in [1.807, 2.05) is 0 Å². The van der Waals surface area contributed by atoms with Crippen LogP contribution in [0.15, 0.2) is 11.3 Å². The second-order valence-corrected chi connectivity index (χ2v) is 7.90. The van der Waals surface area contributed by atoms with Crippen LogP contribution >= 0.6 is 11.8 Å².